The van der Waals surface area contributed by atoms with Crippen molar-refractivity contribution in [2.75, 3.05) is 0 Å². The van der Waals surface area contributed by atoms with E-state index in [0.29, 0.717) is 10.9 Å². The summed E-state index contributed by atoms with van der Waals surface area (Å²) in [5.74, 6) is 0. The molecule has 4 N–H and O–H groups in total. The standard InChI is InChI=1S/C12H12N4OS/c1-7-9(6-14-16-12(13)18)11(17)8-4-2-3-5-10(8)15-7/h2-6H,1H3,(H,15,17)(H3,13,16,18)/b14-6+. The molecule has 2 rings (SSSR count). The van der Waals surface area contributed by atoms with E-state index in [1.54, 1.807) is 6.07 Å². The number of H-pyrrole nitrogens is 1. The molecule has 2 aromatic rings. The maximum atomic E-state index is 12.2. The topological polar surface area (TPSA) is 83.3 Å². The molecule has 5 nitrogen and oxygen atoms in total. The fraction of sp³-hybridized carbons (Fsp3) is 0.0833. The van der Waals surface area contributed by atoms with Crippen LogP contribution in [0.25, 0.3) is 10.9 Å². The van der Waals surface area contributed by atoms with Crippen LogP contribution >= 0.6 is 12.2 Å². The molecule has 0 aliphatic rings. The second-order valence-electron chi connectivity index (χ2n) is 3.77. The van der Waals surface area contributed by atoms with Crippen molar-refractivity contribution in [2.45, 2.75) is 6.92 Å². The van der Waals surface area contributed by atoms with Crippen LogP contribution in [0.1, 0.15) is 11.3 Å². The van der Waals surface area contributed by atoms with Crippen molar-refractivity contribution in [3.05, 3.63) is 45.7 Å². The molecule has 0 radical (unpaired) electrons. The van der Waals surface area contributed by atoms with E-state index in [-0.39, 0.29) is 10.5 Å². The summed E-state index contributed by atoms with van der Waals surface area (Å²) in [6, 6.07) is 7.32. The second-order valence-corrected chi connectivity index (χ2v) is 4.21. The van der Waals surface area contributed by atoms with Crippen molar-refractivity contribution in [1.29, 1.82) is 0 Å². The number of para-hydroxylation sites is 1. The van der Waals surface area contributed by atoms with Gasteiger partial charge in [-0.2, -0.15) is 5.10 Å². The number of nitrogens with one attached hydrogen (secondary N) is 2. The molecule has 18 heavy (non-hydrogen) atoms. The zero-order valence-electron chi connectivity index (χ0n) is 9.73. The van der Waals surface area contributed by atoms with Crippen LogP contribution in [-0.4, -0.2) is 16.3 Å². The molecule has 1 aromatic carbocycles. The molecule has 6 heteroatoms. The van der Waals surface area contributed by atoms with Gasteiger partial charge in [-0.3, -0.25) is 10.2 Å². The lowest BCUT2D eigenvalue weighted by Crippen LogP contribution is -2.24. The lowest BCUT2D eigenvalue weighted by molar-refractivity contribution is 1.04. The Hall–Kier alpha value is -2.21. The third-order valence-corrected chi connectivity index (χ3v) is 2.60. The first kappa shape index (κ1) is 12.3. The molecular weight excluding hydrogens is 248 g/mol. The normalized spacial score (nSPS) is 10.9. The maximum Gasteiger partial charge on any atom is 0.198 e. The summed E-state index contributed by atoms with van der Waals surface area (Å²) in [7, 11) is 0. The van der Waals surface area contributed by atoms with E-state index in [4.69, 9.17) is 5.73 Å². The number of aryl methyl sites for hydroxylation is 1. The van der Waals surface area contributed by atoms with Crippen LogP contribution in [0, 0.1) is 6.92 Å². The van der Waals surface area contributed by atoms with Gasteiger partial charge in [-0.25, -0.2) is 0 Å². The van der Waals surface area contributed by atoms with Gasteiger partial charge in [0.15, 0.2) is 10.5 Å². The van der Waals surface area contributed by atoms with Gasteiger partial charge in [-0.15, -0.1) is 0 Å². The summed E-state index contributed by atoms with van der Waals surface area (Å²) >= 11 is 4.62. The van der Waals surface area contributed by atoms with E-state index in [2.05, 4.69) is 27.7 Å². The first-order chi connectivity index (χ1) is 8.59. The molecule has 0 unspecified atom stereocenters. The van der Waals surface area contributed by atoms with Gasteiger partial charge in [-0.05, 0) is 31.3 Å². The van der Waals surface area contributed by atoms with Crippen molar-refractivity contribution in [3.8, 4) is 0 Å². The number of pyridine rings is 1. The molecular formula is C12H12N4OS. The van der Waals surface area contributed by atoms with Crippen LogP contribution in [-0.2, 0) is 0 Å². The number of hydrazone groups is 1. The van der Waals surface area contributed by atoms with Gasteiger partial charge in [0.25, 0.3) is 0 Å². The number of rotatable bonds is 2. The Morgan fingerprint density at radius 3 is 2.94 bits per heavy atom. The van der Waals surface area contributed by atoms with E-state index in [1.165, 1.54) is 6.21 Å². The molecule has 0 fully saturated rings. The van der Waals surface area contributed by atoms with Crippen molar-refractivity contribution < 1.29 is 0 Å². The average molecular weight is 260 g/mol. The summed E-state index contributed by atoms with van der Waals surface area (Å²) in [6.45, 7) is 1.82. The van der Waals surface area contributed by atoms with E-state index >= 15 is 0 Å². The quantitative estimate of drug-likeness (QED) is 0.427. The Kier molecular flexibility index (Phi) is 3.38. The second kappa shape index (κ2) is 4.97. The maximum absolute atomic E-state index is 12.2. The fourth-order valence-electron chi connectivity index (χ4n) is 1.69. The average Bonchev–Trinajstić information content (AvgIpc) is 2.33. The molecule has 0 aliphatic carbocycles. The summed E-state index contributed by atoms with van der Waals surface area (Å²) in [4.78, 5) is 15.4. The van der Waals surface area contributed by atoms with Crippen LogP contribution < -0.4 is 16.6 Å². The number of benzene rings is 1. The highest BCUT2D eigenvalue weighted by atomic mass is 32.1. The minimum Gasteiger partial charge on any atom is -0.375 e. The number of hydrogen-bond acceptors (Lipinski definition) is 3. The molecule has 0 bridgehead atoms. The zero-order valence-corrected chi connectivity index (χ0v) is 10.5. The van der Waals surface area contributed by atoms with E-state index < -0.39 is 0 Å². The minimum absolute atomic E-state index is 0.0566. The summed E-state index contributed by atoms with van der Waals surface area (Å²) < 4.78 is 0. The molecule has 0 spiro atoms. The minimum atomic E-state index is -0.0738. The first-order valence-electron chi connectivity index (χ1n) is 5.29. The highest BCUT2D eigenvalue weighted by molar-refractivity contribution is 7.80. The monoisotopic (exact) mass is 260 g/mol. The molecule has 1 heterocycles. The van der Waals surface area contributed by atoms with Gasteiger partial charge in [0, 0.05) is 16.6 Å². The molecule has 0 amide bonds. The largest absolute Gasteiger partial charge is 0.375 e. The number of aromatic nitrogens is 1. The Morgan fingerprint density at radius 2 is 2.22 bits per heavy atom. The van der Waals surface area contributed by atoms with E-state index in [9.17, 15) is 4.79 Å². The van der Waals surface area contributed by atoms with Crippen LogP contribution in [0.4, 0.5) is 0 Å². The summed E-state index contributed by atoms with van der Waals surface area (Å²) in [6.07, 6.45) is 1.42. The highest BCUT2D eigenvalue weighted by Crippen LogP contribution is 2.09. The Labute approximate surface area is 109 Å². The highest BCUT2D eigenvalue weighted by Gasteiger charge is 2.06. The Bertz CT molecular complexity index is 690. The number of fused-ring (bicyclic) bond motifs is 1. The third kappa shape index (κ3) is 2.38. The SMILES string of the molecule is Cc1[nH]c2ccccc2c(=O)c1/C=N/NC(N)=S. The molecule has 1 aromatic heterocycles. The zero-order chi connectivity index (χ0) is 13.1. The molecule has 0 atom stereocenters. The first-order valence-corrected chi connectivity index (χ1v) is 5.70. The molecule has 92 valence electrons. The van der Waals surface area contributed by atoms with E-state index in [0.717, 1.165) is 11.2 Å². The van der Waals surface area contributed by atoms with Crippen LogP contribution in [0.2, 0.25) is 0 Å². The number of nitrogens with zero attached hydrogens (tertiary/aromatic N) is 1. The number of hydrogen-bond donors (Lipinski definition) is 3. The molecule has 0 saturated carbocycles. The number of thiocarbonyl (C=S) groups is 1. The molecule has 0 aliphatic heterocycles. The van der Waals surface area contributed by atoms with Crippen molar-refractivity contribution in [2.24, 2.45) is 10.8 Å². The Balaban J connectivity index is 2.54. The number of nitrogens with two attached hydrogens (primary N) is 1. The van der Waals surface area contributed by atoms with E-state index in [1.807, 2.05) is 25.1 Å². The van der Waals surface area contributed by atoms with Gasteiger partial charge >= 0.3 is 0 Å². The van der Waals surface area contributed by atoms with Gasteiger partial charge in [0.2, 0.25) is 0 Å². The van der Waals surface area contributed by atoms with Crippen LogP contribution in [0.5, 0.6) is 0 Å². The van der Waals surface area contributed by atoms with Crippen molar-refractivity contribution >= 4 is 34.4 Å². The van der Waals surface area contributed by atoms with Crippen molar-refractivity contribution in [1.82, 2.24) is 10.4 Å². The predicted octanol–water partition coefficient (Wildman–Crippen LogP) is 1.00. The van der Waals surface area contributed by atoms with Crippen LogP contribution in [0.15, 0.2) is 34.2 Å². The third-order valence-electron chi connectivity index (χ3n) is 2.51. The smallest absolute Gasteiger partial charge is 0.198 e. The number of aromatic amines is 1. The predicted molar refractivity (Wildman–Crippen MR) is 76.8 cm³/mol. The lowest BCUT2D eigenvalue weighted by Gasteiger charge is -2.03. The van der Waals surface area contributed by atoms with Gasteiger partial charge in [0.05, 0.1) is 11.8 Å². The van der Waals surface area contributed by atoms with Crippen LogP contribution in [0.3, 0.4) is 0 Å². The summed E-state index contributed by atoms with van der Waals surface area (Å²) in [5, 5.41) is 4.49. The van der Waals surface area contributed by atoms with Gasteiger partial charge < -0.3 is 10.7 Å². The molecule has 0 saturated heterocycles. The summed E-state index contributed by atoms with van der Waals surface area (Å²) in [5.41, 5.74) is 9.62. The van der Waals surface area contributed by atoms with Crippen molar-refractivity contribution in [3.63, 3.8) is 0 Å². The fourth-order valence-corrected chi connectivity index (χ4v) is 1.74. The van der Waals surface area contributed by atoms with Gasteiger partial charge in [-0.1, -0.05) is 12.1 Å². The van der Waals surface area contributed by atoms with Gasteiger partial charge in [0.1, 0.15) is 0 Å². The Morgan fingerprint density at radius 1 is 1.50 bits per heavy atom. The lowest BCUT2D eigenvalue weighted by atomic mass is 10.1.